The Morgan fingerprint density at radius 2 is 2.59 bits per heavy atom. The number of carboxylic acid groups (broad SMARTS) is 1. The Hall–Kier alpha value is -1.01. The van der Waals surface area contributed by atoms with Crippen LogP contribution in [0.3, 0.4) is 0 Å². The molecule has 2 heterocycles. The van der Waals surface area contributed by atoms with Crippen LogP contribution in [-0.4, -0.2) is 32.4 Å². The van der Waals surface area contributed by atoms with Gasteiger partial charge in [-0.05, 0) is 18.6 Å². The Bertz CT molecular complexity index is 394. The fourth-order valence-electron chi connectivity index (χ4n) is 1.96. The second-order valence-electron chi connectivity index (χ2n) is 4.11. The summed E-state index contributed by atoms with van der Waals surface area (Å²) in [7, 11) is 0. The Balaban J connectivity index is 2.10. The highest BCUT2D eigenvalue weighted by atomic mass is 32.2. The van der Waals surface area contributed by atoms with Crippen LogP contribution < -0.4 is 5.32 Å². The van der Waals surface area contributed by atoms with Gasteiger partial charge in [-0.1, -0.05) is 6.92 Å². The van der Waals surface area contributed by atoms with E-state index in [1.54, 1.807) is 11.8 Å². The molecular formula is C11H17N3O2S. The van der Waals surface area contributed by atoms with Crippen LogP contribution in [0.5, 0.6) is 0 Å². The predicted molar refractivity (Wildman–Crippen MR) is 66.9 cm³/mol. The van der Waals surface area contributed by atoms with E-state index in [4.69, 9.17) is 5.11 Å². The maximum Gasteiger partial charge on any atom is 0.320 e. The first-order valence-electron chi connectivity index (χ1n) is 5.83. The molecule has 1 fully saturated rings. The first-order valence-corrected chi connectivity index (χ1v) is 6.87. The summed E-state index contributed by atoms with van der Waals surface area (Å²) in [5.74, 6) is 0.100. The van der Waals surface area contributed by atoms with Crippen LogP contribution in [0.15, 0.2) is 12.5 Å². The van der Waals surface area contributed by atoms with Crippen molar-refractivity contribution in [2.45, 2.75) is 37.7 Å². The molecule has 0 radical (unpaired) electrons. The van der Waals surface area contributed by atoms with Crippen molar-refractivity contribution in [3.05, 3.63) is 18.2 Å². The monoisotopic (exact) mass is 255 g/mol. The summed E-state index contributed by atoms with van der Waals surface area (Å²) in [5, 5.41) is 12.2. The second kappa shape index (κ2) is 5.55. The number of aliphatic carboxylic acids is 1. The van der Waals surface area contributed by atoms with Crippen molar-refractivity contribution in [3.63, 3.8) is 0 Å². The van der Waals surface area contributed by atoms with E-state index in [1.165, 1.54) is 0 Å². The number of aromatic nitrogens is 2. The molecule has 2 unspecified atom stereocenters. The van der Waals surface area contributed by atoms with E-state index in [-0.39, 0.29) is 5.37 Å². The lowest BCUT2D eigenvalue weighted by Gasteiger charge is -2.28. The molecule has 5 nitrogen and oxygen atoms in total. The Kier molecular flexibility index (Phi) is 4.06. The first kappa shape index (κ1) is 12.4. The van der Waals surface area contributed by atoms with Gasteiger partial charge in [-0.15, -0.1) is 11.8 Å². The van der Waals surface area contributed by atoms with E-state index in [0.717, 1.165) is 24.4 Å². The van der Waals surface area contributed by atoms with Crippen LogP contribution in [-0.2, 0) is 11.3 Å². The summed E-state index contributed by atoms with van der Waals surface area (Å²) >= 11 is 1.75. The van der Waals surface area contributed by atoms with Crippen molar-refractivity contribution in [2.24, 2.45) is 0 Å². The third-order valence-corrected chi connectivity index (χ3v) is 4.00. The molecule has 0 saturated carbocycles. The van der Waals surface area contributed by atoms with Crippen LogP contribution in [0, 0.1) is 0 Å². The number of hydrogen-bond donors (Lipinski definition) is 2. The van der Waals surface area contributed by atoms with Crippen molar-refractivity contribution in [1.82, 2.24) is 14.9 Å². The summed E-state index contributed by atoms with van der Waals surface area (Å²) in [5.41, 5.74) is 1.07. The minimum atomic E-state index is -0.767. The average Bonchev–Trinajstić information content (AvgIpc) is 2.78. The first-order chi connectivity index (χ1) is 8.22. The predicted octanol–water partition coefficient (Wildman–Crippen LogP) is 1.47. The van der Waals surface area contributed by atoms with Gasteiger partial charge in [-0.2, -0.15) is 0 Å². The molecule has 17 heavy (non-hydrogen) atoms. The van der Waals surface area contributed by atoms with Crippen molar-refractivity contribution in [2.75, 3.05) is 5.75 Å². The summed E-state index contributed by atoms with van der Waals surface area (Å²) in [4.78, 5) is 15.1. The maximum absolute atomic E-state index is 11.0. The van der Waals surface area contributed by atoms with Gasteiger partial charge in [0.2, 0.25) is 0 Å². The van der Waals surface area contributed by atoms with Crippen LogP contribution in [0.4, 0.5) is 0 Å². The van der Waals surface area contributed by atoms with Gasteiger partial charge in [0.05, 0.1) is 23.6 Å². The molecule has 2 rings (SSSR count). The van der Waals surface area contributed by atoms with Crippen LogP contribution >= 0.6 is 11.8 Å². The van der Waals surface area contributed by atoms with E-state index >= 15 is 0 Å². The van der Waals surface area contributed by atoms with Gasteiger partial charge in [0.25, 0.3) is 0 Å². The highest BCUT2D eigenvalue weighted by Gasteiger charge is 2.28. The van der Waals surface area contributed by atoms with Gasteiger partial charge in [-0.3, -0.25) is 10.1 Å². The Labute approximate surface area is 105 Å². The molecule has 1 aromatic heterocycles. The minimum Gasteiger partial charge on any atom is -0.480 e. The summed E-state index contributed by atoms with van der Waals surface area (Å²) in [6.07, 6.45) is 5.36. The summed E-state index contributed by atoms with van der Waals surface area (Å²) < 4.78 is 2.09. The SMILES string of the molecule is CCCn1cncc1C1NC(C(=O)O)CCS1. The molecule has 94 valence electrons. The standard InChI is InChI=1S/C11H17N3O2S/c1-2-4-14-7-12-6-9(14)10-13-8(11(15)16)3-5-17-10/h6-8,10,13H,2-5H2,1H3,(H,15,16). The third kappa shape index (κ3) is 2.81. The number of nitrogens with one attached hydrogen (secondary N) is 1. The lowest BCUT2D eigenvalue weighted by atomic mass is 10.2. The van der Waals surface area contributed by atoms with Crippen LogP contribution in [0.1, 0.15) is 30.8 Å². The third-order valence-electron chi connectivity index (χ3n) is 2.82. The molecule has 1 aromatic rings. The Morgan fingerprint density at radius 3 is 3.29 bits per heavy atom. The molecule has 1 aliphatic rings. The second-order valence-corrected chi connectivity index (χ2v) is 5.32. The van der Waals surface area contributed by atoms with Gasteiger partial charge in [0, 0.05) is 6.54 Å². The number of carbonyl (C=O) groups is 1. The molecule has 0 bridgehead atoms. The molecule has 0 aromatic carbocycles. The number of nitrogens with zero attached hydrogens (tertiary/aromatic N) is 2. The molecular weight excluding hydrogens is 238 g/mol. The van der Waals surface area contributed by atoms with Crippen molar-refractivity contribution < 1.29 is 9.90 Å². The summed E-state index contributed by atoms with van der Waals surface area (Å²) in [6.45, 7) is 3.04. The normalized spacial score (nSPS) is 24.8. The fourth-order valence-corrected chi connectivity index (χ4v) is 3.20. The molecule has 2 N–H and O–H groups in total. The molecule has 1 saturated heterocycles. The number of imidazole rings is 1. The zero-order valence-electron chi connectivity index (χ0n) is 9.80. The minimum absolute atomic E-state index is 0.0406. The molecule has 0 spiro atoms. The van der Waals surface area contributed by atoms with Gasteiger partial charge in [-0.25, -0.2) is 4.98 Å². The lowest BCUT2D eigenvalue weighted by Crippen LogP contribution is -2.42. The number of thioether (sulfide) groups is 1. The van der Waals surface area contributed by atoms with E-state index < -0.39 is 12.0 Å². The zero-order valence-corrected chi connectivity index (χ0v) is 10.6. The van der Waals surface area contributed by atoms with E-state index in [9.17, 15) is 4.79 Å². The van der Waals surface area contributed by atoms with Gasteiger partial charge in [0.15, 0.2) is 0 Å². The molecule has 2 atom stereocenters. The number of rotatable bonds is 4. The highest BCUT2D eigenvalue weighted by molar-refractivity contribution is 7.99. The van der Waals surface area contributed by atoms with Crippen LogP contribution in [0.25, 0.3) is 0 Å². The van der Waals surface area contributed by atoms with Crippen molar-refractivity contribution >= 4 is 17.7 Å². The van der Waals surface area contributed by atoms with Gasteiger partial charge >= 0.3 is 5.97 Å². The van der Waals surface area contributed by atoms with E-state index in [1.807, 2.05) is 12.5 Å². The van der Waals surface area contributed by atoms with Crippen molar-refractivity contribution in [3.8, 4) is 0 Å². The quantitative estimate of drug-likeness (QED) is 0.853. The smallest absolute Gasteiger partial charge is 0.320 e. The highest BCUT2D eigenvalue weighted by Crippen LogP contribution is 2.31. The topological polar surface area (TPSA) is 67.2 Å². The Morgan fingerprint density at radius 1 is 1.76 bits per heavy atom. The van der Waals surface area contributed by atoms with Gasteiger partial charge < -0.3 is 9.67 Å². The molecule has 1 aliphatic heterocycles. The fraction of sp³-hybridized carbons (Fsp3) is 0.636. The summed E-state index contributed by atoms with van der Waals surface area (Å²) in [6, 6.07) is -0.439. The molecule has 0 aliphatic carbocycles. The van der Waals surface area contributed by atoms with Gasteiger partial charge in [0.1, 0.15) is 6.04 Å². The largest absolute Gasteiger partial charge is 0.480 e. The molecule has 0 amide bonds. The van der Waals surface area contributed by atoms with Crippen LogP contribution in [0.2, 0.25) is 0 Å². The average molecular weight is 255 g/mol. The maximum atomic E-state index is 11.0. The number of carboxylic acids is 1. The van der Waals surface area contributed by atoms with E-state index in [0.29, 0.717) is 6.42 Å². The molecule has 6 heteroatoms. The number of hydrogen-bond acceptors (Lipinski definition) is 4. The lowest BCUT2D eigenvalue weighted by molar-refractivity contribution is -0.139. The van der Waals surface area contributed by atoms with E-state index in [2.05, 4.69) is 21.8 Å². The zero-order chi connectivity index (χ0) is 12.3. The number of aryl methyl sites for hydroxylation is 1. The van der Waals surface area contributed by atoms with Crippen molar-refractivity contribution in [1.29, 1.82) is 0 Å².